The van der Waals surface area contributed by atoms with Crippen LogP contribution in [-0.2, 0) is 19.3 Å². The van der Waals surface area contributed by atoms with Gasteiger partial charge in [-0.05, 0) is 23.8 Å². The van der Waals surface area contributed by atoms with Gasteiger partial charge in [-0.1, -0.05) is 29.8 Å². The molecule has 0 bridgehead atoms. The lowest BCUT2D eigenvalue weighted by Gasteiger charge is -2.09. The Morgan fingerprint density at radius 1 is 1.11 bits per heavy atom. The third-order valence-corrected chi connectivity index (χ3v) is 3.74. The zero-order valence-corrected chi connectivity index (χ0v) is 11.4. The molecule has 2 aromatic rings. The molecule has 0 radical (unpaired) electrons. The van der Waals surface area contributed by atoms with E-state index in [-0.39, 0.29) is 0 Å². The molecule has 0 amide bonds. The van der Waals surface area contributed by atoms with Crippen molar-refractivity contribution in [1.82, 2.24) is 5.32 Å². The molecule has 0 aliphatic rings. The second-order valence-electron chi connectivity index (χ2n) is 4.01. The van der Waals surface area contributed by atoms with Gasteiger partial charge in [0.05, 0.1) is 9.90 Å². The van der Waals surface area contributed by atoms with Gasteiger partial charge in [0.2, 0.25) is 0 Å². The summed E-state index contributed by atoms with van der Waals surface area (Å²) in [6.07, 6.45) is -4.29. The highest BCUT2D eigenvalue weighted by molar-refractivity contribution is 7.16. The van der Waals surface area contributed by atoms with Crippen molar-refractivity contribution < 1.29 is 13.2 Å². The molecule has 19 heavy (non-hydrogen) atoms. The van der Waals surface area contributed by atoms with Gasteiger partial charge < -0.3 is 5.32 Å². The molecule has 0 fully saturated rings. The smallest absolute Gasteiger partial charge is 0.308 e. The Labute approximate surface area is 118 Å². The Kier molecular flexibility index (Phi) is 4.50. The molecule has 1 aromatic carbocycles. The topological polar surface area (TPSA) is 12.0 Å². The summed E-state index contributed by atoms with van der Waals surface area (Å²) >= 11 is 7.25. The molecule has 0 aliphatic carbocycles. The van der Waals surface area contributed by atoms with E-state index >= 15 is 0 Å². The highest BCUT2D eigenvalue weighted by Crippen LogP contribution is 2.29. The molecule has 102 valence electrons. The van der Waals surface area contributed by atoms with Crippen molar-refractivity contribution in [3.8, 4) is 0 Å². The third-order valence-electron chi connectivity index (χ3n) is 2.51. The summed E-state index contributed by atoms with van der Waals surface area (Å²) in [5, 5.41) is 3.09. The first kappa shape index (κ1) is 14.4. The Morgan fingerprint density at radius 3 is 2.53 bits per heavy atom. The Balaban J connectivity index is 1.93. The minimum atomic E-state index is -4.29. The molecule has 0 aliphatic heterocycles. The van der Waals surface area contributed by atoms with Gasteiger partial charge in [-0.2, -0.15) is 13.2 Å². The van der Waals surface area contributed by atoms with E-state index < -0.39 is 11.7 Å². The van der Waals surface area contributed by atoms with Crippen molar-refractivity contribution in [2.75, 3.05) is 0 Å². The van der Waals surface area contributed by atoms with Gasteiger partial charge >= 0.3 is 6.18 Å². The number of hydrogen-bond donors (Lipinski definition) is 1. The SMILES string of the molecule is FC(F)(F)c1cccc(CNCc2ccc(Cl)s2)c1. The van der Waals surface area contributed by atoms with Crippen LogP contribution in [0.4, 0.5) is 13.2 Å². The number of nitrogens with one attached hydrogen (secondary N) is 1. The standard InChI is InChI=1S/C13H11ClF3NS/c14-12-5-4-11(19-12)8-18-7-9-2-1-3-10(6-9)13(15,16)17/h1-6,18H,7-8H2. The summed E-state index contributed by atoms with van der Waals surface area (Å²) in [6, 6.07) is 9.02. The summed E-state index contributed by atoms with van der Waals surface area (Å²) in [7, 11) is 0. The van der Waals surface area contributed by atoms with Gasteiger partial charge in [0, 0.05) is 18.0 Å². The Hall–Kier alpha value is -1.04. The predicted octanol–water partition coefficient (Wildman–Crippen LogP) is 4.71. The van der Waals surface area contributed by atoms with Crippen molar-refractivity contribution in [2.24, 2.45) is 0 Å². The van der Waals surface area contributed by atoms with Crippen LogP contribution < -0.4 is 5.32 Å². The number of thiophene rings is 1. The summed E-state index contributed by atoms with van der Waals surface area (Å²) in [5.74, 6) is 0. The van der Waals surface area contributed by atoms with E-state index in [1.54, 1.807) is 12.1 Å². The van der Waals surface area contributed by atoms with Crippen LogP contribution in [0.3, 0.4) is 0 Å². The highest BCUT2D eigenvalue weighted by Gasteiger charge is 2.30. The molecule has 1 heterocycles. The number of benzene rings is 1. The van der Waals surface area contributed by atoms with Crippen LogP contribution in [0.1, 0.15) is 16.0 Å². The fraction of sp³-hybridized carbons (Fsp3) is 0.231. The van der Waals surface area contributed by atoms with Crippen LogP contribution >= 0.6 is 22.9 Å². The Morgan fingerprint density at radius 2 is 1.89 bits per heavy atom. The van der Waals surface area contributed by atoms with Gasteiger partial charge in [-0.3, -0.25) is 0 Å². The molecule has 1 N–H and O–H groups in total. The molecule has 1 aromatic heterocycles. The summed E-state index contributed by atoms with van der Waals surface area (Å²) in [5.41, 5.74) is -0.0107. The molecule has 6 heteroatoms. The zero-order chi connectivity index (χ0) is 13.9. The van der Waals surface area contributed by atoms with Crippen molar-refractivity contribution >= 4 is 22.9 Å². The van der Waals surface area contributed by atoms with E-state index in [0.29, 0.717) is 23.0 Å². The summed E-state index contributed by atoms with van der Waals surface area (Å²) in [4.78, 5) is 1.05. The fourth-order valence-corrected chi connectivity index (χ4v) is 2.69. The Bertz CT molecular complexity index is 551. The van der Waals surface area contributed by atoms with Crippen molar-refractivity contribution in [3.05, 3.63) is 56.7 Å². The van der Waals surface area contributed by atoms with Gasteiger partial charge in [0.15, 0.2) is 0 Å². The van der Waals surface area contributed by atoms with Crippen LogP contribution in [0, 0.1) is 0 Å². The maximum atomic E-state index is 12.5. The first-order valence-electron chi connectivity index (χ1n) is 5.56. The minimum absolute atomic E-state index is 0.388. The van der Waals surface area contributed by atoms with E-state index in [0.717, 1.165) is 17.0 Å². The molecule has 0 saturated carbocycles. The predicted molar refractivity (Wildman–Crippen MR) is 71.3 cm³/mol. The highest BCUT2D eigenvalue weighted by atomic mass is 35.5. The molecular weight excluding hydrogens is 295 g/mol. The number of hydrogen-bond acceptors (Lipinski definition) is 2. The van der Waals surface area contributed by atoms with Crippen LogP contribution in [0.15, 0.2) is 36.4 Å². The van der Waals surface area contributed by atoms with E-state index in [9.17, 15) is 13.2 Å². The van der Waals surface area contributed by atoms with E-state index in [1.807, 2.05) is 6.07 Å². The van der Waals surface area contributed by atoms with E-state index in [1.165, 1.54) is 17.4 Å². The molecule has 2 rings (SSSR count). The molecule has 0 spiro atoms. The maximum Gasteiger partial charge on any atom is 0.416 e. The van der Waals surface area contributed by atoms with Crippen LogP contribution in [0.2, 0.25) is 4.34 Å². The van der Waals surface area contributed by atoms with E-state index in [2.05, 4.69) is 5.32 Å². The lowest BCUT2D eigenvalue weighted by atomic mass is 10.1. The summed E-state index contributed by atoms with van der Waals surface area (Å²) < 4.78 is 38.3. The van der Waals surface area contributed by atoms with Crippen molar-refractivity contribution in [3.63, 3.8) is 0 Å². The number of halogens is 4. The largest absolute Gasteiger partial charge is 0.416 e. The van der Waals surface area contributed by atoms with Gasteiger partial charge in [0.1, 0.15) is 0 Å². The molecular formula is C13H11ClF3NS. The summed E-state index contributed by atoms with van der Waals surface area (Å²) in [6.45, 7) is 0.979. The van der Waals surface area contributed by atoms with E-state index in [4.69, 9.17) is 11.6 Å². The first-order chi connectivity index (χ1) is 8.95. The van der Waals surface area contributed by atoms with Crippen molar-refractivity contribution in [1.29, 1.82) is 0 Å². The first-order valence-corrected chi connectivity index (χ1v) is 6.75. The molecule has 0 atom stereocenters. The second kappa shape index (κ2) is 5.94. The number of rotatable bonds is 4. The van der Waals surface area contributed by atoms with Crippen LogP contribution in [-0.4, -0.2) is 0 Å². The third kappa shape index (κ3) is 4.23. The average Bonchev–Trinajstić information content (AvgIpc) is 2.74. The van der Waals surface area contributed by atoms with Crippen LogP contribution in [0.25, 0.3) is 0 Å². The normalized spacial score (nSPS) is 11.8. The lowest BCUT2D eigenvalue weighted by Crippen LogP contribution is -2.13. The lowest BCUT2D eigenvalue weighted by molar-refractivity contribution is -0.137. The molecule has 0 unspecified atom stereocenters. The minimum Gasteiger partial charge on any atom is -0.308 e. The monoisotopic (exact) mass is 305 g/mol. The van der Waals surface area contributed by atoms with Gasteiger partial charge in [0.25, 0.3) is 0 Å². The number of alkyl halides is 3. The van der Waals surface area contributed by atoms with Gasteiger partial charge in [-0.15, -0.1) is 11.3 Å². The maximum absolute atomic E-state index is 12.5. The average molecular weight is 306 g/mol. The quantitative estimate of drug-likeness (QED) is 0.862. The second-order valence-corrected chi connectivity index (χ2v) is 5.81. The molecule has 0 saturated heterocycles. The van der Waals surface area contributed by atoms with Crippen molar-refractivity contribution in [2.45, 2.75) is 19.3 Å². The van der Waals surface area contributed by atoms with Gasteiger partial charge in [-0.25, -0.2) is 0 Å². The molecule has 1 nitrogen and oxygen atoms in total. The fourth-order valence-electron chi connectivity index (χ4n) is 1.63. The van der Waals surface area contributed by atoms with Crippen LogP contribution in [0.5, 0.6) is 0 Å². The zero-order valence-electron chi connectivity index (χ0n) is 9.80.